The van der Waals surface area contributed by atoms with Crippen LogP contribution in [-0.4, -0.2) is 33.6 Å². The number of hydrogen-bond acceptors (Lipinski definition) is 8. The summed E-state index contributed by atoms with van der Waals surface area (Å²) < 4.78 is 7.25. The number of aromatic nitrogens is 2. The predicted octanol–water partition coefficient (Wildman–Crippen LogP) is 7.40. The molecule has 0 radical (unpaired) electrons. The third-order valence-corrected chi connectivity index (χ3v) is 8.99. The fourth-order valence-electron chi connectivity index (χ4n) is 4.27. The molecular weight excluding hydrogens is 610 g/mol. The van der Waals surface area contributed by atoms with Crippen molar-refractivity contribution >= 4 is 61.6 Å². The largest absolute Gasteiger partial charge is 0.507 e. The molecule has 1 amide bonds. The van der Waals surface area contributed by atoms with Crippen molar-refractivity contribution in [3.8, 4) is 5.75 Å². The van der Waals surface area contributed by atoms with Crippen LogP contribution in [0.15, 0.2) is 93.2 Å². The van der Waals surface area contributed by atoms with Gasteiger partial charge in [0.1, 0.15) is 11.5 Å². The highest BCUT2D eigenvalue weighted by atomic mass is 79.9. The zero-order valence-electron chi connectivity index (χ0n) is 21.6. The monoisotopic (exact) mass is 635 g/mol. The molecule has 1 atom stereocenters. The van der Waals surface area contributed by atoms with Crippen molar-refractivity contribution in [1.29, 1.82) is 0 Å². The number of thioether (sulfide) groups is 1. The van der Waals surface area contributed by atoms with Crippen molar-refractivity contribution < 1.29 is 19.4 Å². The summed E-state index contributed by atoms with van der Waals surface area (Å²) in [6.07, 6.45) is 1.97. The van der Waals surface area contributed by atoms with E-state index in [1.54, 1.807) is 24.3 Å². The maximum absolute atomic E-state index is 13.4. The summed E-state index contributed by atoms with van der Waals surface area (Å²) in [6, 6.07) is 23.3. The van der Waals surface area contributed by atoms with Crippen molar-refractivity contribution in [1.82, 2.24) is 10.2 Å². The van der Waals surface area contributed by atoms with Crippen LogP contribution < -0.4 is 9.64 Å². The molecule has 1 aromatic heterocycles. The first-order valence-electron chi connectivity index (χ1n) is 12.8. The van der Waals surface area contributed by atoms with Crippen LogP contribution in [0, 0.1) is 0 Å². The molecule has 0 aliphatic carbocycles. The number of aliphatic hydroxyl groups excluding tert-OH is 1. The van der Waals surface area contributed by atoms with E-state index in [2.05, 4.69) is 33.1 Å². The quantitative estimate of drug-likeness (QED) is 0.0485. The van der Waals surface area contributed by atoms with Crippen molar-refractivity contribution in [2.24, 2.45) is 0 Å². The molecule has 1 saturated heterocycles. The smallest absolute Gasteiger partial charge is 0.301 e. The molecule has 0 spiro atoms. The minimum atomic E-state index is -0.867. The lowest BCUT2D eigenvalue weighted by Gasteiger charge is -2.22. The van der Waals surface area contributed by atoms with Crippen LogP contribution in [0.2, 0.25) is 0 Å². The van der Waals surface area contributed by atoms with E-state index < -0.39 is 17.7 Å². The minimum absolute atomic E-state index is 0.000613. The Labute approximate surface area is 249 Å². The van der Waals surface area contributed by atoms with Crippen LogP contribution in [0.1, 0.15) is 42.5 Å². The number of carbonyl (C=O) groups excluding carboxylic acids is 2. The summed E-state index contributed by atoms with van der Waals surface area (Å²) in [5.74, 6) is -0.420. The molecule has 2 heterocycles. The van der Waals surface area contributed by atoms with E-state index in [0.717, 1.165) is 22.9 Å². The molecule has 1 fully saturated rings. The van der Waals surface area contributed by atoms with Gasteiger partial charge in [-0.05, 0) is 53.9 Å². The standard InChI is InChI=1S/C30H26BrN3O4S2/c1-2-3-17-38-23-15-11-21(12-16-23)26(35)24-25(20-9-13-22(31)14-10-20)34(28(37)27(24)36)29-32-33-30(40-29)39-18-19-7-5-4-6-8-19/h4-16,25,35H,2-3,17-18H2,1H3/b26-24-. The molecule has 40 heavy (non-hydrogen) atoms. The number of halogens is 1. The summed E-state index contributed by atoms with van der Waals surface area (Å²) >= 11 is 6.19. The second-order valence-electron chi connectivity index (χ2n) is 9.07. The molecule has 1 N–H and O–H groups in total. The molecule has 10 heteroatoms. The molecule has 0 bridgehead atoms. The Hall–Kier alpha value is -3.47. The number of rotatable bonds is 10. The normalized spacial score (nSPS) is 16.4. The first-order chi connectivity index (χ1) is 19.5. The highest BCUT2D eigenvalue weighted by Crippen LogP contribution is 2.44. The maximum Gasteiger partial charge on any atom is 0.301 e. The Balaban J connectivity index is 1.49. The molecule has 5 rings (SSSR count). The van der Waals surface area contributed by atoms with Gasteiger partial charge < -0.3 is 9.84 Å². The topological polar surface area (TPSA) is 92.6 Å². The van der Waals surface area contributed by atoms with Crippen molar-refractivity contribution in [3.63, 3.8) is 0 Å². The average molecular weight is 637 g/mol. The average Bonchev–Trinajstić information content (AvgIpc) is 3.55. The lowest BCUT2D eigenvalue weighted by Crippen LogP contribution is -2.29. The van der Waals surface area contributed by atoms with Crippen molar-refractivity contribution in [3.05, 3.63) is 106 Å². The number of Topliss-reactive ketones (excluding diaryl/α,β-unsaturated/α-hetero) is 1. The van der Waals surface area contributed by atoms with Gasteiger partial charge in [-0.1, -0.05) is 94.8 Å². The van der Waals surface area contributed by atoms with E-state index in [1.807, 2.05) is 54.6 Å². The second-order valence-corrected chi connectivity index (χ2v) is 12.2. The first-order valence-corrected chi connectivity index (χ1v) is 15.4. The predicted molar refractivity (Wildman–Crippen MR) is 162 cm³/mol. The number of aliphatic hydroxyl groups is 1. The fourth-order valence-corrected chi connectivity index (χ4v) is 6.35. The summed E-state index contributed by atoms with van der Waals surface area (Å²) in [5.41, 5.74) is 2.22. The first kappa shape index (κ1) is 28.1. The van der Waals surface area contributed by atoms with Gasteiger partial charge >= 0.3 is 5.91 Å². The van der Waals surface area contributed by atoms with Crippen LogP contribution in [0.25, 0.3) is 5.76 Å². The van der Waals surface area contributed by atoms with Gasteiger partial charge in [-0.25, -0.2) is 0 Å². The number of amides is 1. The molecule has 7 nitrogen and oxygen atoms in total. The molecule has 1 aliphatic rings. The summed E-state index contributed by atoms with van der Waals surface area (Å²) in [7, 11) is 0. The molecule has 204 valence electrons. The van der Waals surface area contributed by atoms with E-state index in [9.17, 15) is 14.7 Å². The highest BCUT2D eigenvalue weighted by Gasteiger charge is 2.48. The van der Waals surface area contributed by atoms with Gasteiger partial charge in [-0.3, -0.25) is 14.5 Å². The summed E-state index contributed by atoms with van der Waals surface area (Å²) in [4.78, 5) is 28.2. The van der Waals surface area contributed by atoms with Crippen LogP contribution >= 0.6 is 39.0 Å². The van der Waals surface area contributed by atoms with Crippen molar-refractivity contribution in [2.75, 3.05) is 11.5 Å². The van der Waals surface area contributed by atoms with Crippen molar-refractivity contribution in [2.45, 2.75) is 35.9 Å². The number of carbonyl (C=O) groups is 2. The Morgan fingerprint density at radius 1 is 1.02 bits per heavy atom. The van der Waals surface area contributed by atoms with Crippen LogP contribution in [0.4, 0.5) is 5.13 Å². The minimum Gasteiger partial charge on any atom is -0.507 e. The Morgan fingerprint density at radius 2 is 1.75 bits per heavy atom. The molecule has 1 aliphatic heterocycles. The number of ketones is 1. The van der Waals surface area contributed by atoms with Gasteiger partial charge in [0, 0.05) is 15.8 Å². The van der Waals surface area contributed by atoms with Crippen LogP contribution in [-0.2, 0) is 15.3 Å². The van der Waals surface area contributed by atoms with Gasteiger partial charge in [0.05, 0.1) is 18.2 Å². The molecular formula is C30H26BrN3O4S2. The highest BCUT2D eigenvalue weighted by molar-refractivity contribution is 9.10. The van der Waals surface area contributed by atoms with Gasteiger partial charge in [0.15, 0.2) is 4.34 Å². The van der Waals surface area contributed by atoms with E-state index >= 15 is 0 Å². The maximum atomic E-state index is 13.4. The number of ether oxygens (including phenoxy) is 1. The third-order valence-electron chi connectivity index (χ3n) is 6.33. The summed E-state index contributed by atoms with van der Waals surface area (Å²) in [5, 5.41) is 20.2. The lowest BCUT2D eigenvalue weighted by molar-refractivity contribution is -0.132. The Morgan fingerprint density at radius 3 is 2.45 bits per heavy atom. The van der Waals surface area contributed by atoms with E-state index in [-0.39, 0.29) is 11.3 Å². The summed E-state index contributed by atoms with van der Waals surface area (Å²) in [6.45, 7) is 2.69. The molecule has 1 unspecified atom stereocenters. The second kappa shape index (κ2) is 12.8. The van der Waals surface area contributed by atoms with E-state index in [1.165, 1.54) is 28.0 Å². The number of nitrogens with zero attached hydrogens (tertiary/aromatic N) is 3. The van der Waals surface area contributed by atoms with Gasteiger partial charge in [-0.2, -0.15) is 0 Å². The Kier molecular flexibility index (Phi) is 8.98. The lowest BCUT2D eigenvalue weighted by atomic mass is 9.95. The fraction of sp³-hybridized carbons (Fsp3) is 0.200. The molecule has 3 aromatic carbocycles. The molecule has 4 aromatic rings. The number of benzene rings is 3. The zero-order chi connectivity index (χ0) is 28.1. The number of hydrogen-bond donors (Lipinski definition) is 1. The van der Waals surface area contributed by atoms with Gasteiger partial charge in [0.25, 0.3) is 5.78 Å². The van der Waals surface area contributed by atoms with E-state index in [0.29, 0.717) is 38.7 Å². The molecule has 0 saturated carbocycles. The zero-order valence-corrected chi connectivity index (χ0v) is 24.8. The van der Waals surface area contributed by atoms with Crippen LogP contribution in [0.3, 0.4) is 0 Å². The number of unbranched alkanes of at least 4 members (excludes halogenated alkanes) is 1. The third kappa shape index (κ3) is 6.14. The SMILES string of the molecule is CCCCOc1ccc(/C(O)=C2/C(=O)C(=O)N(c3nnc(SCc4ccccc4)s3)C2c2ccc(Br)cc2)cc1. The van der Waals surface area contributed by atoms with Crippen LogP contribution in [0.5, 0.6) is 5.75 Å². The Bertz CT molecular complexity index is 1520. The number of anilines is 1. The van der Waals surface area contributed by atoms with Gasteiger partial charge in [0.2, 0.25) is 5.13 Å². The van der Waals surface area contributed by atoms with E-state index in [4.69, 9.17) is 4.74 Å². The van der Waals surface area contributed by atoms with Gasteiger partial charge in [-0.15, -0.1) is 10.2 Å².